The maximum Gasteiger partial charge on any atom is 0.240 e. The summed E-state index contributed by atoms with van der Waals surface area (Å²) in [6.07, 6.45) is 5.19. The van der Waals surface area contributed by atoms with Gasteiger partial charge in [0.15, 0.2) is 0 Å². The topological polar surface area (TPSA) is 104 Å². The third-order valence-electron chi connectivity index (χ3n) is 6.49. The number of sulfonamides is 1. The second-order valence-corrected chi connectivity index (χ2v) is 10.7. The SMILES string of the molecule is O=C(NCC1CC1)[C@H]1CC[C@H](NS(=O)(=O)c2ccc3[nH]c(-c4ccccc4)nc3c2)CC1. The number of fused-ring (bicyclic) bond motifs is 1. The number of aromatic nitrogens is 2. The molecule has 2 aliphatic rings. The van der Waals surface area contributed by atoms with Gasteiger partial charge in [0.25, 0.3) is 0 Å². The highest BCUT2D eigenvalue weighted by Gasteiger charge is 2.30. The van der Waals surface area contributed by atoms with Gasteiger partial charge in [0.05, 0.1) is 15.9 Å². The number of hydrogen-bond donors (Lipinski definition) is 3. The zero-order valence-electron chi connectivity index (χ0n) is 17.9. The van der Waals surface area contributed by atoms with Crippen LogP contribution in [0.3, 0.4) is 0 Å². The summed E-state index contributed by atoms with van der Waals surface area (Å²) in [5.74, 6) is 1.49. The van der Waals surface area contributed by atoms with Crippen LogP contribution in [-0.4, -0.2) is 36.9 Å². The number of carbonyl (C=O) groups excluding carboxylic acids is 1. The van der Waals surface area contributed by atoms with Crippen LogP contribution in [0, 0.1) is 11.8 Å². The number of aromatic amines is 1. The summed E-state index contributed by atoms with van der Waals surface area (Å²) >= 11 is 0. The lowest BCUT2D eigenvalue weighted by Gasteiger charge is -2.28. The van der Waals surface area contributed by atoms with Gasteiger partial charge in [0, 0.05) is 24.1 Å². The molecular formula is C24H28N4O3S. The van der Waals surface area contributed by atoms with Gasteiger partial charge >= 0.3 is 0 Å². The summed E-state index contributed by atoms with van der Waals surface area (Å²) < 4.78 is 28.8. The minimum Gasteiger partial charge on any atom is -0.356 e. The van der Waals surface area contributed by atoms with E-state index in [1.54, 1.807) is 18.2 Å². The number of benzene rings is 2. The van der Waals surface area contributed by atoms with Gasteiger partial charge in [-0.05, 0) is 62.6 Å². The zero-order valence-corrected chi connectivity index (χ0v) is 18.7. The van der Waals surface area contributed by atoms with E-state index >= 15 is 0 Å². The Morgan fingerprint density at radius 3 is 2.47 bits per heavy atom. The lowest BCUT2D eigenvalue weighted by molar-refractivity contribution is -0.126. The highest BCUT2D eigenvalue weighted by molar-refractivity contribution is 7.89. The van der Waals surface area contributed by atoms with Crippen molar-refractivity contribution in [1.82, 2.24) is 20.0 Å². The molecule has 0 unspecified atom stereocenters. The number of carbonyl (C=O) groups is 1. The summed E-state index contributed by atoms with van der Waals surface area (Å²) in [6, 6.07) is 14.6. The molecule has 2 aliphatic carbocycles. The molecule has 3 aromatic rings. The minimum absolute atomic E-state index is 0.00804. The van der Waals surface area contributed by atoms with Crippen LogP contribution in [-0.2, 0) is 14.8 Å². The van der Waals surface area contributed by atoms with Crippen LogP contribution < -0.4 is 10.0 Å². The fraction of sp³-hybridized carbons (Fsp3) is 0.417. The first kappa shape index (κ1) is 21.2. The molecule has 2 fully saturated rings. The molecular weight excluding hydrogens is 424 g/mol. The summed E-state index contributed by atoms with van der Waals surface area (Å²) in [5, 5.41) is 3.05. The number of nitrogens with zero attached hydrogens (tertiary/aromatic N) is 1. The first-order valence-electron chi connectivity index (χ1n) is 11.3. The van der Waals surface area contributed by atoms with Crippen LogP contribution >= 0.6 is 0 Å². The number of imidazole rings is 1. The average molecular weight is 453 g/mol. The fourth-order valence-corrected chi connectivity index (χ4v) is 5.68. The largest absolute Gasteiger partial charge is 0.356 e. The molecule has 7 nitrogen and oxygen atoms in total. The Morgan fingerprint density at radius 2 is 1.75 bits per heavy atom. The van der Waals surface area contributed by atoms with E-state index in [0.29, 0.717) is 42.9 Å². The van der Waals surface area contributed by atoms with Crippen molar-refractivity contribution in [3.05, 3.63) is 48.5 Å². The molecule has 2 aromatic carbocycles. The third kappa shape index (κ3) is 4.71. The highest BCUT2D eigenvalue weighted by atomic mass is 32.2. The minimum atomic E-state index is -3.66. The normalized spacial score (nSPS) is 21.5. The Hall–Kier alpha value is -2.71. The monoisotopic (exact) mass is 452 g/mol. The molecule has 5 rings (SSSR count). The van der Waals surface area contributed by atoms with Crippen LogP contribution in [0.1, 0.15) is 38.5 Å². The fourth-order valence-electron chi connectivity index (χ4n) is 4.36. The summed E-state index contributed by atoms with van der Waals surface area (Å²) in [5.41, 5.74) is 2.35. The molecule has 8 heteroatoms. The number of hydrogen-bond acceptors (Lipinski definition) is 4. The Labute approximate surface area is 188 Å². The van der Waals surface area contributed by atoms with E-state index < -0.39 is 10.0 Å². The molecule has 32 heavy (non-hydrogen) atoms. The van der Waals surface area contributed by atoms with Crippen molar-refractivity contribution in [2.45, 2.75) is 49.5 Å². The number of rotatable bonds is 7. The number of nitrogens with one attached hydrogen (secondary N) is 3. The molecule has 1 heterocycles. The van der Waals surface area contributed by atoms with Gasteiger partial charge in [0.2, 0.25) is 15.9 Å². The number of amides is 1. The average Bonchev–Trinajstić information content (AvgIpc) is 3.54. The van der Waals surface area contributed by atoms with E-state index in [2.05, 4.69) is 20.0 Å². The predicted molar refractivity (Wildman–Crippen MR) is 123 cm³/mol. The van der Waals surface area contributed by atoms with Gasteiger partial charge in [-0.3, -0.25) is 4.79 Å². The summed E-state index contributed by atoms with van der Waals surface area (Å²) in [4.78, 5) is 20.3. The second-order valence-electron chi connectivity index (χ2n) is 8.99. The Morgan fingerprint density at radius 1 is 1.00 bits per heavy atom. The lowest BCUT2D eigenvalue weighted by Crippen LogP contribution is -2.41. The summed E-state index contributed by atoms with van der Waals surface area (Å²) in [6.45, 7) is 0.785. The standard InChI is InChI=1S/C24H28N4O3S/c29-24(25-15-16-6-7-16)18-8-10-19(11-9-18)28-32(30,31)20-12-13-21-22(14-20)27-23(26-21)17-4-2-1-3-5-17/h1-5,12-14,16,18-19,28H,6-11,15H2,(H,25,29)(H,26,27)/t18-,19-. The van der Waals surface area contributed by atoms with Crippen molar-refractivity contribution in [3.63, 3.8) is 0 Å². The second kappa shape index (κ2) is 8.67. The maximum atomic E-state index is 13.0. The smallest absolute Gasteiger partial charge is 0.240 e. The van der Waals surface area contributed by atoms with Gasteiger partial charge in [-0.1, -0.05) is 30.3 Å². The third-order valence-corrected chi connectivity index (χ3v) is 8.01. The van der Waals surface area contributed by atoms with Crippen LogP contribution in [0.4, 0.5) is 0 Å². The maximum absolute atomic E-state index is 13.0. The van der Waals surface area contributed by atoms with E-state index in [1.165, 1.54) is 12.8 Å². The van der Waals surface area contributed by atoms with Crippen molar-refractivity contribution < 1.29 is 13.2 Å². The first-order chi connectivity index (χ1) is 15.5. The van der Waals surface area contributed by atoms with Crippen molar-refractivity contribution in [1.29, 1.82) is 0 Å². The van der Waals surface area contributed by atoms with E-state index in [0.717, 1.165) is 17.6 Å². The molecule has 3 N–H and O–H groups in total. The Kier molecular flexibility index (Phi) is 5.73. The van der Waals surface area contributed by atoms with Gasteiger partial charge < -0.3 is 10.3 Å². The molecule has 1 aromatic heterocycles. The lowest BCUT2D eigenvalue weighted by atomic mass is 9.86. The molecule has 168 valence electrons. The predicted octanol–water partition coefficient (Wildman–Crippen LogP) is 3.59. The number of H-pyrrole nitrogens is 1. The molecule has 0 saturated heterocycles. The molecule has 0 aliphatic heterocycles. The van der Waals surface area contributed by atoms with Gasteiger partial charge in [0.1, 0.15) is 5.82 Å². The van der Waals surface area contributed by atoms with Gasteiger partial charge in [-0.15, -0.1) is 0 Å². The summed E-state index contributed by atoms with van der Waals surface area (Å²) in [7, 11) is -3.66. The van der Waals surface area contributed by atoms with Crippen LogP contribution in [0.25, 0.3) is 22.4 Å². The van der Waals surface area contributed by atoms with Gasteiger partial charge in [-0.2, -0.15) is 0 Å². The van der Waals surface area contributed by atoms with Crippen molar-refractivity contribution in [2.75, 3.05) is 6.54 Å². The van der Waals surface area contributed by atoms with E-state index in [-0.39, 0.29) is 22.8 Å². The molecule has 0 spiro atoms. The Bertz CT molecular complexity index is 1210. The Balaban J connectivity index is 1.23. The molecule has 0 atom stereocenters. The van der Waals surface area contributed by atoms with Crippen LogP contribution in [0.5, 0.6) is 0 Å². The van der Waals surface area contributed by atoms with Crippen molar-refractivity contribution >= 4 is 27.0 Å². The quantitative estimate of drug-likeness (QED) is 0.510. The zero-order chi connectivity index (χ0) is 22.1. The molecule has 1 amide bonds. The molecule has 0 bridgehead atoms. The first-order valence-corrected chi connectivity index (χ1v) is 12.8. The van der Waals surface area contributed by atoms with Crippen LogP contribution in [0.2, 0.25) is 0 Å². The van der Waals surface area contributed by atoms with E-state index in [9.17, 15) is 13.2 Å². The van der Waals surface area contributed by atoms with Crippen molar-refractivity contribution in [3.8, 4) is 11.4 Å². The van der Waals surface area contributed by atoms with Crippen LogP contribution in [0.15, 0.2) is 53.4 Å². The highest BCUT2D eigenvalue weighted by Crippen LogP contribution is 2.29. The van der Waals surface area contributed by atoms with Gasteiger partial charge in [-0.25, -0.2) is 18.1 Å². The van der Waals surface area contributed by atoms with E-state index in [4.69, 9.17) is 0 Å². The molecule has 0 radical (unpaired) electrons. The van der Waals surface area contributed by atoms with Crippen molar-refractivity contribution in [2.24, 2.45) is 11.8 Å². The molecule has 2 saturated carbocycles. The van der Waals surface area contributed by atoms with E-state index in [1.807, 2.05) is 30.3 Å².